The number of nitrogens with one attached hydrogen (secondary N) is 1. The predicted octanol–water partition coefficient (Wildman–Crippen LogP) is 4.45. The van der Waals surface area contributed by atoms with E-state index in [4.69, 9.17) is 4.42 Å². The van der Waals surface area contributed by atoms with Gasteiger partial charge in [0.05, 0.1) is 6.54 Å². The Balaban J connectivity index is 1.28. The average Bonchev–Trinajstić information content (AvgIpc) is 3.49. The zero-order valence-corrected chi connectivity index (χ0v) is 16.0. The third-order valence-electron chi connectivity index (χ3n) is 4.43. The van der Waals surface area contributed by atoms with E-state index in [9.17, 15) is 4.79 Å². The molecule has 0 aliphatic heterocycles. The zero-order chi connectivity index (χ0) is 19.6. The molecule has 29 heavy (non-hydrogen) atoms. The number of fused-ring (bicyclic) bond motifs is 1. The number of carbonyl (C=O) groups is 1. The Kier molecular flexibility index (Phi) is 4.38. The topological polar surface area (TPSA) is 85.8 Å². The quantitative estimate of drug-likeness (QED) is 0.470. The highest BCUT2D eigenvalue weighted by Crippen LogP contribution is 2.30. The van der Waals surface area contributed by atoms with Crippen LogP contribution in [0.2, 0.25) is 0 Å². The van der Waals surface area contributed by atoms with E-state index >= 15 is 0 Å². The number of thiazole rings is 1. The van der Waals surface area contributed by atoms with E-state index < -0.39 is 0 Å². The van der Waals surface area contributed by atoms with Crippen LogP contribution < -0.4 is 5.32 Å². The summed E-state index contributed by atoms with van der Waals surface area (Å²) in [5.41, 5.74) is 3.11. The summed E-state index contributed by atoms with van der Waals surface area (Å²) in [6.07, 6.45) is 3.15. The molecule has 1 N–H and O–H groups in total. The van der Waals surface area contributed by atoms with Gasteiger partial charge in [0.15, 0.2) is 10.9 Å². The molecular formula is C21H15N5O2S. The number of anilines is 1. The fourth-order valence-corrected chi connectivity index (χ4v) is 3.68. The molecule has 1 amide bonds. The average molecular weight is 401 g/mol. The molecule has 0 unspecified atom stereocenters. The van der Waals surface area contributed by atoms with Crippen LogP contribution in [0.25, 0.3) is 22.4 Å². The Hall–Kier alpha value is -3.78. The zero-order valence-electron chi connectivity index (χ0n) is 15.1. The minimum absolute atomic E-state index is 0.206. The van der Waals surface area contributed by atoms with Crippen LogP contribution in [0.3, 0.4) is 0 Å². The van der Waals surface area contributed by atoms with Crippen molar-refractivity contribution in [2.24, 2.45) is 0 Å². The first kappa shape index (κ1) is 17.3. The molecule has 0 saturated heterocycles. The lowest BCUT2D eigenvalue weighted by Gasteiger charge is -2.04. The van der Waals surface area contributed by atoms with Crippen LogP contribution in [-0.2, 0) is 6.54 Å². The first-order chi connectivity index (χ1) is 14.2. The number of hydrogen-bond donors (Lipinski definition) is 1. The summed E-state index contributed by atoms with van der Waals surface area (Å²) in [6, 6.07) is 17.1. The number of nitrogens with zero attached hydrogens (tertiary/aromatic N) is 4. The van der Waals surface area contributed by atoms with Gasteiger partial charge in [-0.1, -0.05) is 30.3 Å². The third kappa shape index (κ3) is 3.65. The highest BCUT2D eigenvalue weighted by atomic mass is 32.1. The lowest BCUT2D eigenvalue weighted by Crippen LogP contribution is -2.11. The van der Waals surface area contributed by atoms with E-state index in [1.807, 2.05) is 47.8 Å². The SMILES string of the molecule is O=C(Nc1nc(-c2cc3ccccc3o2)cs1)c1ccc(Cn2cncn2)cc1. The molecule has 0 atom stereocenters. The van der Waals surface area contributed by atoms with Gasteiger partial charge in [0, 0.05) is 16.3 Å². The maximum Gasteiger partial charge on any atom is 0.257 e. The van der Waals surface area contributed by atoms with Crippen molar-refractivity contribution in [3.05, 3.63) is 83.8 Å². The lowest BCUT2D eigenvalue weighted by atomic mass is 10.1. The van der Waals surface area contributed by atoms with Gasteiger partial charge in [0.2, 0.25) is 0 Å². The molecule has 5 aromatic rings. The number of furan rings is 1. The maximum atomic E-state index is 12.5. The largest absolute Gasteiger partial charge is 0.454 e. The van der Waals surface area contributed by atoms with Gasteiger partial charge >= 0.3 is 0 Å². The number of hydrogen-bond acceptors (Lipinski definition) is 6. The first-order valence-corrected chi connectivity index (χ1v) is 9.80. The Labute approximate surface area is 169 Å². The van der Waals surface area contributed by atoms with Crippen LogP contribution in [0.1, 0.15) is 15.9 Å². The van der Waals surface area contributed by atoms with Crippen LogP contribution in [0, 0.1) is 0 Å². The van der Waals surface area contributed by atoms with Crippen molar-refractivity contribution >= 4 is 33.3 Å². The van der Waals surface area contributed by atoms with Crippen molar-refractivity contribution in [3.63, 3.8) is 0 Å². The fraction of sp³-hybridized carbons (Fsp3) is 0.0476. The van der Waals surface area contributed by atoms with Crippen LogP contribution in [0.5, 0.6) is 0 Å². The van der Waals surface area contributed by atoms with Crippen LogP contribution in [0.15, 0.2) is 77.0 Å². The molecule has 3 aromatic heterocycles. The minimum atomic E-state index is -0.206. The summed E-state index contributed by atoms with van der Waals surface area (Å²) in [5.74, 6) is 0.475. The summed E-state index contributed by atoms with van der Waals surface area (Å²) in [6.45, 7) is 0.606. The molecule has 0 aliphatic carbocycles. The molecule has 0 radical (unpaired) electrons. The molecule has 0 fully saturated rings. The Bertz CT molecular complexity index is 1240. The second-order valence-corrected chi connectivity index (χ2v) is 7.29. The molecular weight excluding hydrogens is 386 g/mol. The molecule has 142 valence electrons. The summed E-state index contributed by atoms with van der Waals surface area (Å²) in [7, 11) is 0. The molecule has 7 nitrogen and oxygen atoms in total. The number of amides is 1. The number of carbonyl (C=O) groups excluding carboxylic acids is 1. The molecule has 5 rings (SSSR count). The summed E-state index contributed by atoms with van der Waals surface area (Å²) < 4.78 is 7.56. The van der Waals surface area contributed by atoms with E-state index in [-0.39, 0.29) is 5.91 Å². The summed E-state index contributed by atoms with van der Waals surface area (Å²) in [5, 5.41) is 10.3. The van der Waals surface area contributed by atoms with Crippen molar-refractivity contribution in [2.75, 3.05) is 5.32 Å². The van der Waals surface area contributed by atoms with Crippen LogP contribution in [0.4, 0.5) is 5.13 Å². The second-order valence-electron chi connectivity index (χ2n) is 6.43. The summed E-state index contributed by atoms with van der Waals surface area (Å²) in [4.78, 5) is 20.9. The normalized spacial score (nSPS) is 11.0. The minimum Gasteiger partial charge on any atom is -0.454 e. The third-order valence-corrected chi connectivity index (χ3v) is 5.19. The van der Waals surface area contributed by atoms with Gasteiger partial charge in [-0.25, -0.2) is 14.6 Å². The monoisotopic (exact) mass is 401 g/mol. The van der Waals surface area contributed by atoms with Gasteiger partial charge in [-0.3, -0.25) is 10.1 Å². The smallest absolute Gasteiger partial charge is 0.257 e. The van der Waals surface area contributed by atoms with Crippen molar-refractivity contribution < 1.29 is 9.21 Å². The van der Waals surface area contributed by atoms with Gasteiger partial charge in [-0.05, 0) is 29.8 Å². The Morgan fingerprint density at radius 1 is 1.14 bits per heavy atom. The number of benzene rings is 2. The highest BCUT2D eigenvalue weighted by Gasteiger charge is 2.13. The van der Waals surface area contributed by atoms with Gasteiger partial charge in [-0.2, -0.15) is 5.10 Å². The van der Waals surface area contributed by atoms with Gasteiger partial charge in [0.25, 0.3) is 5.91 Å². The second kappa shape index (κ2) is 7.33. The first-order valence-electron chi connectivity index (χ1n) is 8.92. The molecule has 8 heteroatoms. The number of aromatic nitrogens is 4. The Morgan fingerprint density at radius 3 is 2.79 bits per heavy atom. The van der Waals surface area contributed by atoms with E-state index in [0.29, 0.717) is 28.7 Å². The molecule has 0 spiro atoms. The Morgan fingerprint density at radius 2 is 2.00 bits per heavy atom. The van der Waals surface area contributed by atoms with Crippen molar-refractivity contribution in [1.29, 1.82) is 0 Å². The molecule has 0 saturated carbocycles. The predicted molar refractivity (Wildman–Crippen MR) is 111 cm³/mol. The number of para-hydroxylation sites is 1. The lowest BCUT2D eigenvalue weighted by molar-refractivity contribution is 0.102. The standard InChI is InChI=1S/C21H15N5O2S/c27-20(15-7-5-14(6-8-15)10-26-13-22-12-23-26)25-21-24-17(11-29-21)19-9-16-3-1-2-4-18(16)28-19/h1-9,11-13H,10H2,(H,24,25,27). The molecule has 3 heterocycles. The molecule has 2 aromatic carbocycles. The molecule has 0 bridgehead atoms. The van der Waals surface area contributed by atoms with Gasteiger partial charge < -0.3 is 4.42 Å². The van der Waals surface area contributed by atoms with E-state index in [2.05, 4.69) is 20.4 Å². The number of rotatable bonds is 5. The van der Waals surface area contributed by atoms with Gasteiger partial charge in [0.1, 0.15) is 23.9 Å². The van der Waals surface area contributed by atoms with Gasteiger partial charge in [-0.15, -0.1) is 11.3 Å². The van der Waals surface area contributed by atoms with Crippen LogP contribution in [-0.4, -0.2) is 25.7 Å². The van der Waals surface area contributed by atoms with E-state index in [1.54, 1.807) is 23.1 Å². The maximum absolute atomic E-state index is 12.5. The van der Waals surface area contributed by atoms with E-state index in [1.165, 1.54) is 17.7 Å². The van der Waals surface area contributed by atoms with Crippen molar-refractivity contribution in [3.8, 4) is 11.5 Å². The van der Waals surface area contributed by atoms with Crippen molar-refractivity contribution in [2.45, 2.75) is 6.54 Å². The molecule has 0 aliphatic rings. The van der Waals surface area contributed by atoms with Crippen molar-refractivity contribution in [1.82, 2.24) is 19.7 Å². The highest BCUT2D eigenvalue weighted by molar-refractivity contribution is 7.14. The fourth-order valence-electron chi connectivity index (χ4n) is 2.98. The summed E-state index contributed by atoms with van der Waals surface area (Å²) >= 11 is 1.36. The van der Waals surface area contributed by atoms with Crippen LogP contribution >= 0.6 is 11.3 Å². The van der Waals surface area contributed by atoms with E-state index in [0.717, 1.165) is 16.5 Å².